The maximum Gasteiger partial charge on any atom is 0.407 e. The van der Waals surface area contributed by atoms with Crippen molar-refractivity contribution in [2.45, 2.75) is 39.3 Å². The number of hydrogen-bond donors (Lipinski definition) is 2. The van der Waals surface area contributed by atoms with E-state index in [4.69, 9.17) is 10.5 Å². The molecule has 0 aromatic heterocycles. The largest absolute Gasteiger partial charge is 0.444 e. The number of allylic oxidation sites excluding steroid dienone is 3. The van der Waals surface area contributed by atoms with E-state index in [1.165, 1.54) is 0 Å². The molecule has 4 nitrogen and oxygen atoms in total. The van der Waals surface area contributed by atoms with Gasteiger partial charge in [-0.05, 0) is 33.3 Å². The molecule has 0 saturated carbocycles. The molecule has 0 aromatic rings. The molecular formula is C14H24N2O2. The van der Waals surface area contributed by atoms with Gasteiger partial charge in [0.15, 0.2) is 0 Å². The van der Waals surface area contributed by atoms with E-state index < -0.39 is 11.7 Å². The minimum atomic E-state index is -0.503. The van der Waals surface area contributed by atoms with Crippen molar-refractivity contribution in [3.63, 3.8) is 0 Å². The van der Waals surface area contributed by atoms with E-state index >= 15 is 0 Å². The van der Waals surface area contributed by atoms with E-state index in [-0.39, 0.29) is 6.04 Å². The van der Waals surface area contributed by atoms with Crippen LogP contribution < -0.4 is 11.1 Å². The summed E-state index contributed by atoms with van der Waals surface area (Å²) in [5.41, 5.74) is 6.12. The number of amides is 1. The van der Waals surface area contributed by atoms with Crippen molar-refractivity contribution in [2.24, 2.45) is 5.73 Å². The number of nitrogens with two attached hydrogens (primary N) is 1. The SMILES string of the molecule is C=C(/C=C\C=C/C)C(N)CNC(=O)OC(C)(C)C. The Morgan fingerprint density at radius 3 is 2.56 bits per heavy atom. The highest BCUT2D eigenvalue weighted by molar-refractivity contribution is 5.67. The molecule has 18 heavy (non-hydrogen) atoms. The van der Waals surface area contributed by atoms with Gasteiger partial charge in [-0.1, -0.05) is 30.9 Å². The van der Waals surface area contributed by atoms with Crippen molar-refractivity contribution in [1.82, 2.24) is 5.32 Å². The summed E-state index contributed by atoms with van der Waals surface area (Å²) in [6.07, 6.45) is 7.01. The second-order valence-electron chi connectivity index (χ2n) is 4.95. The Morgan fingerprint density at radius 2 is 2.06 bits per heavy atom. The van der Waals surface area contributed by atoms with E-state index in [0.29, 0.717) is 6.54 Å². The van der Waals surface area contributed by atoms with Crippen LogP contribution in [0.4, 0.5) is 4.79 Å². The third kappa shape index (κ3) is 8.58. The fourth-order valence-electron chi connectivity index (χ4n) is 1.05. The molecule has 4 heteroatoms. The number of ether oxygens (including phenoxy) is 1. The smallest absolute Gasteiger partial charge is 0.407 e. The third-order valence-electron chi connectivity index (χ3n) is 1.96. The van der Waals surface area contributed by atoms with Gasteiger partial charge in [-0.2, -0.15) is 0 Å². The molecule has 0 heterocycles. The number of alkyl carbamates (subject to hydrolysis) is 1. The van der Waals surface area contributed by atoms with Gasteiger partial charge in [-0.25, -0.2) is 4.79 Å². The Balaban J connectivity index is 4.06. The van der Waals surface area contributed by atoms with Crippen LogP contribution in [0.25, 0.3) is 0 Å². The van der Waals surface area contributed by atoms with Crippen LogP contribution in [0.3, 0.4) is 0 Å². The lowest BCUT2D eigenvalue weighted by Crippen LogP contribution is -2.40. The number of hydrogen-bond acceptors (Lipinski definition) is 3. The molecule has 102 valence electrons. The van der Waals surface area contributed by atoms with Crippen LogP contribution in [-0.4, -0.2) is 24.3 Å². The minimum absolute atomic E-state index is 0.300. The van der Waals surface area contributed by atoms with Crippen molar-refractivity contribution in [3.05, 3.63) is 36.5 Å². The predicted octanol–water partition coefficient (Wildman–Crippen LogP) is 2.53. The predicted molar refractivity (Wildman–Crippen MR) is 75.3 cm³/mol. The zero-order valence-electron chi connectivity index (χ0n) is 11.7. The fourth-order valence-corrected chi connectivity index (χ4v) is 1.05. The summed E-state index contributed by atoms with van der Waals surface area (Å²) in [5.74, 6) is 0. The fraction of sp³-hybridized carbons (Fsp3) is 0.500. The first kappa shape index (κ1) is 16.4. The van der Waals surface area contributed by atoms with Gasteiger partial charge in [0.25, 0.3) is 0 Å². The molecule has 0 fully saturated rings. The Bertz CT molecular complexity index is 338. The third-order valence-corrected chi connectivity index (χ3v) is 1.96. The van der Waals surface area contributed by atoms with Gasteiger partial charge in [-0.15, -0.1) is 0 Å². The average Bonchev–Trinajstić information content (AvgIpc) is 2.23. The van der Waals surface area contributed by atoms with Gasteiger partial charge in [0.1, 0.15) is 5.60 Å². The van der Waals surface area contributed by atoms with Gasteiger partial charge in [0.05, 0.1) is 0 Å². The second-order valence-corrected chi connectivity index (χ2v) is 4.95. The summed E-state index contributed by atoms with van der Waals surface area (Å²) in [4.78, 5) is 11.4. The maximum absolute atomic E-state index is 11.4. The molecule has 0 aliphatic rings. The molecule has 0 radical (unpaired) electrons. The van der Waals surface area contributed by atoms with Gasteiger partial charge >= 0.3 is 6.09 Å². The topological polar surface area (TPSA) is 64.3 Å². The Hall–Kier alpha value is -1.55. The average molecular weight is 252 g/mol. The standard InChI is InChI=1S/C14H24N2O2/c1-6-7-8-9-11(2)12(15)10-16-13(17)18-14(3,4)5/h6-9,12H,2,10,15H2,1,3-5H3,(H,16,17)/b7-6-,9-8-. The lowest BCUT2D eigenvalue weighted by Gasteiger charge is -2.20. The molecule has 0 aromatic carbocycles. The summed E-state index contributed by atoms with van der Waals surface area (Å²) in [7, 11) is 0. The molecule has 1 amide bonds. The molecule has 0 aliphatic heterocycles. The van der Waals surface area contributed by atoms with Crippen LogP contribution in [-0.2, 0) is 4.74 Å². The van der Waals surface area contributed by atoms with Crippen LogP contribution >= 0.6 is 0 Å². The second kappa shape index (κ2) is 7.71. The van der Waals surface area contributed by atoms with E-state index in [0.717, 1.165) is 5.57 Å². The van der Waals surface area contributed by atoms with E-state index in [1.54, 1.807) is 0 Å². The number of carbonyl (C=O) groups excluding carboxylic acids is 1. The molecule has 0 saturated heterocycles. The van der Waals surface area contributed by atoms with Gasteiger partial charge in [0.2, 0.25) is 0 Å². The summed E-state index contributed by atoms with van der Waals surface area (Å²) in [5, 5.41) is 2.61. The van der Waals surface area contributed by atoms with Gasteiger partial charge in [-0.3, -0.25) is 0 Å². The lowest BCUT2D eigenvalue weighted by molar-refractivity contribution is 0.0526. The van der Waals surface area contributed by atoms with Crippen molar-refractivity contribution < 1.29 is 9.53 Å². The molecule has 1 unspecified atom stereocenters. The van der Waals surface area contributed by atoms with Gasteiger partial charge < -0.3 is 15.8 Å². The zero-order chi connectivity index (χ0) is 14.2. The quantitative estimate of drug-likeness (QED) is 0.739. The Labute approximate surface area is 110 Å². The summed E-state index contributed by atoms with van der Waals surface area (Å²) < 4.78 is 5.10. The van der Waals surface area contributed by atoms with Crippen LogP contribution in [0.1, 0.15) is 27.7 Å². The Kier molecular flexibility index (Phi) is 7.05. The monoisotopic (exact) mass is 252 g/mol. The zero-order valence-corrected chi connectivity index (χ0v) is 11.7. The first-order valence-electron chi connectivity index (χ1n) is 5.97. The molecular weight excluding hydrogens is 228 g/mol. The number of nitrogens with one attached hydrogen (secondary N) is 1. The van der Waals surface area contributed by atoms with Crippen molar-refractivity contribution in [1.29, 1.82) is 0 Å². The minimum Gasteiger partial charge on any atom is -0.444 e. The van der Waals surface area contributed by atoms with Crippen LogP contribution in [0.15, 0.2) is 36.5 Å². The first-order valence-corrected chi connectivity index (χ1v) is 5.97. The van der Waals surface area contributed by atoms with Crippen LogP contribution in [0, 0.1) is 0 Å². The maximum atomic E-state index is 11.4. The molecule has 3 N–H and O–H groups in total. The Morgan fingerprint density at radius 1 is 1.44 bits per heavy atom. The lowest BCUT2D eigenvalue weighted by atomic mass is 10.1. The summed E-state index contributed by atoms with van der Waals surface area (Å²) >= 11 is 0. The first-order chi connectivity index (χ1) is 8.26. The number of rotatable bonds is 5. The highest BCUT2D eigenvalue weighted by Gasteiger charge is 2.16. The van der Waals surface area contributed by atoms with Crippen molar-refractivity contribution in [2.75, 3.05) is 6.54 Å². The van der Waals surface area contributed by atoms with E-state index in [9.17, 15) is 4.79 Å². The summed E-state index contributed by atoms with van der Waals surface area (Å²) in [6, 6.07) is -0.320. The van der Waals surface area contributed by atoms with E-state index in [2.05, 4.69) is 11.9 Å². The molecule has 0 aliphatic carbocycles. The highest BCUT2D eigenvalue weighted by Crippen LogP contribution is 2.06. The van der Waals surface area contributed by atoms with Crippen molar-refractivity contribution in [3.8, 4) is 0 Å². The van der Waals surface area contributed by atoms with Crippen LogP contribution in [0.5, 0.6) is 0 Å². The molecule has 0 spiro atoms. The van der Waals surface area contributed by atoms with Crippen LogP contribution in [0.2, 0.25) is 0 Å². The molecule has 1 atom stereocenters. The summed E-state index contributed by atoms with van der Waals surface area (Å²) in [6.45, 7) is 11.5. The van der Waals surface area contributed by atoms with Gasteiger partial charge in [0, 0.05) is 12.6 Å². The van der Waals surface area contributed by atoms with Crippen molar-refractivity contribution >= 4 is 6.09 Å². The number of carbonyl (C=O) groups is 1. The highest BCUT2D eigenvalue weighted by atomic mass is 16.6. The van der Waals surface area contributed by atoms with E-state index in [1.807, 2.05) is 52.0 Å². The normalized spacial score (nSPS) is 13.8. The molecule has 0 bridgehead atoms. The molecule has 0 rings (SSSR count).